The van der Waals surface area contributed by atoms with Crippen molar-refractivity contribution < 1.29 is 14.8 Å². The van der Waals surface area contributed by atoms with Crippen LogP contribution in [0.5, 0.6) is 0 Å². The van der Waals surface area contributed by atoms with Crippen LogP contribution in [0.3, 0.4) is 0 Å². The summed E-state index contributed by atoms with van der Waals surface area (Å²) in [5.41, 5.74) is 0.297. The van der Waals surface area contributed by atoms with Crippen molar-refractivity contribution in [3.05, 3.63) is 64.2 Å². The molecule has 0 atom stereocenters. The molecule has 0 saturated carbocycles. The molecule has 0 unspecified atom stereocenters. The number of nitrogens with zero attached hydrogens (tertiary/aromatic N) is 1. The molecule has 2 aromatic carbocycles. The van der Waals surface area contributed by atoms with Gasteiger partial charge in [-0.2, -0.15) is 0 Å². The minimum atomic E-state index is -0.994. The van der Waals surface area contributed by atoms with Gasteiger partial charge in [0.25, 0.3) is 0 Å². The second-order valence-electron chi connectivity index (χ2n) is 3.69. The molecule has 0 heterocycles. The van der Waals surface area contributed by atoms with Crippen molar-refractivity contribution in [2.75, 3.05) is 0 Å². The third-order valence-corrected chi connectivity index (χ3v) is 6.71. The van der Waals surface area contributed by atoms with Gasteiger partial charge < -0.3 is 0 Å². The first-order valence-electron chi connectivity index (χ1n) is 5.50. The first-order chi connectivity index (χ1) is 9.59. The topological polar surface area (TPSA) is 80.4 Å². The summed E-state index contributed by atoms with van der Waals surface area (Å²) in [4.78, 5) is 22.2. The molecule has 0 aliphatic rings. The molecule has 102 valence electrons. The molecule has 7 heteroatoms. The number of para-hydroxylation sites is 1. The van der Waals surface area contributed by atoms with E-state index in [1.54, 1.807) is 36.4 Å². The van der Waals surface area contributed by atoms with Gasteiger partial charge in [-0.25, -0.2) is 0 Å². The summed E-state index contributed by atoms with van der Waals surface area (Å²) in [6.07, 6.45) is 0. The fourth-order valence-electron chi connectivity index (χ4n) is 1.48. The van der Waals surface area contributed by atoms with Crippen LogP contribution in [0.1, 0.15) is 10.4 Å². The Balaban J connectivity index is 2.22. The van der Waals surface area contributed by atoms with Crippen LogP contribution in [0.4, 0.5) is 5.69 Å². The summed E-state index contributed by atoms with van der Waals surface area (Å²) in [5, 5.41) is 20.0. The third-order valence-electron chi connectivity index (χ3n) is 2.40. The fourth-order valence-corrected chi connectivity index (χ4v) is 5.58. The first kappa shape index (κ1) is 14.6. The van der Waals surface area contributed by atoms with Gasteiger partial charge in [0.1, 0.15) is 0 Å². The summed E-state index contributed by atoms with van der Waals surface area (Å²) < 4.78 is 0.634. The molecule has 2 aromatic rings. The van der Waals surface area contributed by atoms with Crippen molar-refractivity contribution in [3.8, 4) is 0 Å². The second-order valence-corrected chi connectivity index (χ2v) is 7.49. The SMILES string of the molecule is O=C(O)c1ccccc1S[Se]c1ccccc1[N+](=O)[O-]. The standard InChI is InChI=1S/C13H9NO4SSe/c15-13(16)9-5-1-3-7-11(9)19-20-12-8-4-2-6-10(12)14(17)18/h1-8H,(H,15,16). The monoisotopic (exact) mass is 355 g/mol. The molecule has 0 fully saturated rings. The van der Waals surface area contributed by atoms with Gasteiger partial charge in [0.2, 0.25) is 0 Å². The van der Waals surface area contributed by atoms with Gasteiger partial charge in [-0.15, -0.1) is 0 Å². The van der Waals surface area contributed by atoms with Gasteiger partial charge in [-0.1, -0.05) is 0 Å². The van der Waals surface area contributed by atoms with Crippen LogP contribution in [0, 0.1) is 10.1 Å². The number of nitro groups is 1. The molecule has 0 radical (unpaired) electrons. The number of nitro benzene ring substituents is 1. The van der Waals surface area contributed by atoms with Crippen molar-refractivity contribution >= 4 is 40.1 Å². The average molecular weight is 354 g/mol. The predicted molar refractivity (Wildman–Crippen MR) is 77.7 cm³/mol. The van der Waals surface area contributed by atoms with Gasteiger partial charge in [-0.05, 0) is 0 Å². The number of carboxylic acid groups (broad SMARTS) is 1. The molecular weight excluding hydrogens is 345 g/mol. The maximum atomic E-state index is 11.1. The Morgan fingerprint density at radius 3 is 2.50 bits per heavy atom. The summed E-state index contributed by atoms with van der Waals surface area (Å²) in [6.45, 7) is 0. The average Bonchev–Trinajstić information content (AvgIpc) is 2.45. The van der Waals surface area contributed by atoms with Crippen molar-refractivity contribution in [1.29, 1.82) is 0 Å². The summed E-state index contributed by atoms with van der Waals surface area (Å²) in [5.74, 6) is -0.994. The molecule has 1 N–H and O–H groups in total. The van der Waals surface area contributed by atoms with E-state index in [9.17, 15) is 14.9 Å². The van der Waals surface area contributed by atoms with Crippen molar-refractivity contribution in [1.82, 2.24) is 0 Å². The van der Waals surface area contributed by atoms with Crippen LogP contribution >= 0.6 is 10.2 Å². The number of hydrogen-bond acceptors (Lipinski definition) is 4. The van der Waals surface area contributed by atoms with Crippen molar-refractivity contribution in [2.45, 2.75) is 4.90 Å². The Bertz CT molecular complexity index is 605. The van der Waals surface area contributed by atoms with Crippen molar-refractivity contribution in [2.24, 2.45) is 0 Å². The van der Waals surface area contributed by atoms with E-state index in [2.05, 4.69) is 0 Å². The molecule has 0 saturated heterocycles. The zero-order valence-electron chi connectivity index (χ0n) is 10.1. The van der Waals surface area contributed by atoms with E-state index in [1.165, 1.54) is 22.3 Å². The van der Waals surface area contributed by atoms with E-state index in [-0.39, 0.29) is 25.1 Å². The molecule has 0 aliphatic carbocycles. The molecule has 5 nitrogen and oxygen atoms in total. The Morgan fingerprint density at radius 1 is 1.15 bits per heavy atom. The van der Waals surface area contributed by atoms with E-state index in [0.717, 1.165) is 0 Å². The first-order valence-corrected chi connectivity index (χ1v) is 9.19. The Labute approximate surface area is 124 Å². The van der Waals surface area contributed by atoms with Gasteiger partial charge in [0.15, 0.2) is 0 Å². The maximum absolute atomic E-state index is 11.1. The van der Waals surface area contributed by atoms with Gasteiger partial charge >= 0.3 is 124 Å². The van der Waals surface area contributed by atoms with E-state index in [4.69, 9.17) is 5.11 Å². The Hall–Kier alpha value is -1.82. The van der Waals surface area contributed by atoms with Crippen LogP contribution in [-0.4, -0.2) is 29.8 Å². The second kappa shape index (κ2) is 6.56. The van der Waals surface area contributed by atoms with Crippen LogP contribution < -0.4 is 4.46 Å². The van der Waals surface area contributed by atoms with E-state index in [1.807, 2.05) is 0 Å². The number of rotatable bonds is 5. The molecule has 2 rings (SSSR count). The van der Waals surface area contributed by atoms with Crippen LogP contribution in [0.25, 0.3) is 0 Å². The summed E-state index contributed by atoms with van der Waals surface area (Å²) in [7, 11) is 1.34. The molecule has 0 aromatic heterocycles. The number of aromatic carboxylic acids is 1. The Kier molecular flexibility index (Phi) is 4.79. The van der Waals surface area contributed by atoms with Crippen LogP contribution in [-0.2, 0) is 0 Å². The molecule has 20 heavy (non-hydrogen) atoms. The van der Waals surface area contributed by atoms with Crippen LogP contribution in [0.2, 0.25) is 0 Å². The number of benzene rings is 2. The third kappa shape index (κ3) is 3.39. The number of hydrogen-bond donors (Lipinski definition) is 1. The van der Waals surface area contributed by atoms with Gasteiger partial charge in [0.05, 0.1) is 0 Å². The molecule has 0 spiro atoms. The fraction of sp³-hybridized carbons (Fsp3) is 0. The molecular formula is C13H9NO4SSe. The van der Waals surface area contributed by atoms with Crippen LogP contribution in [0.15, 0.2) is 53.4 Å². The predicted octanol–water partition coefficient (Wildman–Crippen LogP) is 2.33. The number of carbonyl (C=O) groups is 1. The van der Waals surface area contributed by atoms with Gasteiger partial charge in [0, 0.05) is 0 Å². The summed E-state index contributed by atoms with van der Waals surface area (Å²) in [6, 6.07) is 13.2. The quantitative estimate of drug-likeness (QED) is 0.506. The minimum absolute atomic E-state index is 0.0767. The normalized spacial score (nSPS) is 10.2. The van der Waals surface area contributed by atoms with E-state index >= 15 is 0 Å². The number of carboxylic acids is 1. The zero-order valence-corrected chi connectivity index (χ0v) is 12.6. The van der Waals surface area contributed by atoms with E-state index in [0.29, 0.717) is 9.36 Å². The van der Waals surface area contributed by atoms with E-state index < -0.39 is 10.9 Å². The molecule has 0 aliphatic heterocycles. The zero-order chi connectivity index (χ0) is 14.5. The van der Waals surface area contributed by atoms with Gasteiger partial charge in [-0.3, -0.25) is 0 Å². The van der Waals surface area contributed by atoms with Crippen molar-refractivity contribution in [3.63, 3.8) is 0 Å². The summed E-state index contributed by atoms with van der Waals surface area (Å²) >= 11 is -0.269. The Morgan fingerprint density at radius 2 is 1.80 bits per heavy atom. The molecule has 0 bridgehead atoms. The molecule has 0 amide bonds.